The lowest BCUT2D eigenvalue weighted by atomic mass is 10.1. The standard InChI is InChI=1S/C18H19ClN2O2/c1-12-7-8-15(9-13(12)2)21-18(23)10-17(22)20-11-14-5-3-4-6-16(14)19/h3-9H,10-11H2,1-2H3,(H,20,22)(H,21,23). The average Bonchev–Trinajstić information content (AvgIpc) is 2.50. The Kier molecular flexibility index (Phi) is 5.77. The number of halogens is 1. The van der Waals surface area contributed by atoms with Gasteiger partial charge >= 0.3 is 0 Å². The fourth-order valence-corrected chi connectivity index (χ4v) is 2.27. The van der Waals surface area contributed by atoms with Crippen molar-refractivity contribution in [2.75, 3.05) is 5.32 Å². The molecule has 23 heavy (non-hydrogen) atoms. The number of rotatable bonds is 5. The van der Waals surface area contributed by atoms with Crippen LogP contribution in [0.15, 0.2) is 42.5 Å². The van der Waals surface area contributed by atoms with Crippen molar-refractivity contribution < 1.29 is 9.59 Å². The summed E-state index contributed by atoms with van der Waals surface area (Å²) in [5.41, 5.74) is 3.75. The molecule has 0 aliphatic rings. The lowest BCUT2D eigenvalue weighted by Gasteiger charge is -2.09. The molecule has 4 nitrogen and oxygen atoms in total. The molecule has 5 heteroatoms. The number of hydrogen-bond donors (Lipinski definition) is 2. The summed E-state index contributed by atoms with van der Waals surface area (Å²) in [4.78, 5) is 23.7. The van der Waals surface area contributed by atoms with Crippen LogP contribution in [0.1, 0.15) is 23.1 Å². The molecule has 2 aromatic rings. The molecule has 2 aromatic carbocycles. The monoisotopic (exact) mass is 330 g/mol. The van der Waals surface area contributed by atoms with Crippen LogP contribution in [0.4, 0.5) is 5.69 Å². The van der Waals surface area contributed by atoms with Gasteiger partial charge in [0.25, 0.3) is 0 Å². The van der Waals surface area contributed by atoms with E-state index in [4.69, 9.17) is 11.6 Å². The fraction of sp³-hybridized carbons (Fsp3) is 0.222. The summed E-state index contributed by atoms with van der Waals surface area (Å²) in [5, 5.41) is 6.01. The number of carbonyl (C=O) groups is 2. The van der Waals surface area contributed by atoms with Crippen LogP contribution in [0.25, 0.3) is 0 Å². The summed E-state index contributed by atoms with van der Waals surface area (Å²) in [6.07, 6.45) is -0.225. The molecular formula is C18H19ClN2O2. The van der Waals surface area contributed by atoms with Gasteiger partial charge in [0.05, 0.1) is 0 Å². The predicted molar refractivity (Wildman–Crippen MR) is 92.5 cm³/mol. The lowest BCUT2D eigenvalue weighted by Crippen LogP contribution is -2.27. The highest BCUT2D eigenvalue weighted by Crippen LogP contribution is 2.15. The zero-order valence-corrected chi connectivity index (χ0v) is 13.9. The van der Waals surface area contributed by atoms with Gasteiger partial charge in [0, 0.05) is 17.3 Å². The van der Waals surface area contributed by atoms with Crippen LogP contribution in [-0.2, 0) is 16.1 Å². The molecule has 0 aliphatic heterocycles. The van der Waals surface area contributed by atoms with Gasteiger partial charge in [-0.15, -0.1) is 0 Å². The van der Waals surface area contributed by atoms with E-state index in [1.807, 2.05) is 50.2 Å². The lowest BCUT2D eigenvalue weighted by molar-refractivity contribution is -0.126. The summed E-state index contributed by atoms with van der Waals surface area (Å²) < 4.78 is 0. The molecule has 0 fully saturated rings. The third-order valence-electron chi connectivity index (χ3n) is 3.55. The summed E-state index contributed by atoms with van der Waals surface area (Å²) in [6.45, 7) is 4.28. The molecule has 2 rings (SSSR count). The molecule has 0 saturated carbocycles. The van der Waals surface area contributed by atoms with E-state index >= 15 is 0 Å². The number of aryl methyl sites for hydroxylation is 2. The van der Waals surface area contributed by atoms with Crippen LogP contribution < -0.4 is 10.6 Å². The van der Waals surface area contributed by atoms with Crippen molar-refractivity contribution in [2.24, 2.45) is 0 Å². The number of amides is 2. The first-order valence-corrected chi connectivity index (χ1v) is 7.70. The third kappa shape index (κ3) is 5.11. The second-order valence-corrected chi connectivity index (χ2v) is 5.80. The molecule has 120 valence electrons. The largest absolute Gasteiger partial charge is 0.352 e. The third-order valence-corrected chi connectivity index (χ3v) is 3.91. The molecule has 0 bridgehead atoms. The minimum Gasteiger partial charge on any atom is -0.352 e. The van der Waals surface area contributed by atoms with Gasteiger partial charge < -0.3 is 10.6 Å². The second-order valence-electron chi connectivity index (χ2n) is 5.39. The Hall–Kier alpha value is -2.33. The Balaban J connectivity index is 1.84. The molecular weight excluding hydrogens is 312 g/mol. The van der Waals surface area contributed by atoms with Crippen LogP contribution >= 0.6 is 11.6 Å². The zero-order valence-electron chi connectivity index (χ0n) is 13.2. The maximum atomic E-state index is 11.9. The van der Waals surface area contributed by atoms with Gasteiger partial charge in [-0.1, -0.05) is 35.9 Å². The smallest absolute Gasteiger partial charge is 0.233 e. The Morgan fingerprint density at radius 2 is 1.74 bits per heavy atom. The maximum absolute atomic E-state index is 11.9. The van der Waals surface area contributed by atoms with E-state index in [1.54, 1.807) is 6.07 Å². The van der Waals surface area contributed by atoms with Crippen molar-refractivity contribution in [3.63, 3.8) is 0 Å². The van der Waals surface area contributed by atoms with Gasteiger partial charge in [-0.25, -0.2) is 0 Å². The van der Waals surface area contributed by atoms with Crippen molar-refractivity contribution >= 4 is 29.1 Å². The summed E-state index contributed by atoms with van der Waals surface area (Å²) >= 11 is 6.02. The van der Waals surface area contributed by atoms with Crippen LogP contribution in [0.2, 0.25) is 5.02 Å². The maximum Gasteiger partial charge on any atom is 0.233 e. The zero-order chi connectivity index (χ0) is 16.8. The molecule has 2 N–H and O–H groups in total. The van der Waals surface area contributed by atoms with Gasteiger partial charge in [-0.2, -0.15) is 0 Å². The van der Waals surface area contributed by atoms with E-state index in [1.165, 1.54) is 0 Å². The van der Waals surface area contributed by atoms with Crippen LogP contribution in [0.3, 0.4) is 0 Å². The molecule has 0 saturated heterocycles. The van der Waals surface area contributed by atoms with E-state index in [9.17, 15) is 9.59 Å². The first-order valence-electron chi connectivity index (χ1n) is 7.33. The molecule has 0 heterocycles. The molecule has 0 spiro atoms. The molecule has 0 atom stereocenters. The minimum absolute atomic E-state index is 0.225. The number of anilines is 1. The second kappa shape index (κ2) is 7.79. The van der Waals surface area contributed by atoms with E-state index in [0.29, 0.717) is 17.3 Å². The first kappa shape index (κ1) is 17.0. The average molecular weight is 331 g/mol. The molecule has 0 aliphatic carbocycles. The molecule has 2 amide bonds. The minimum atomic E-state index is -0.343. The molecule has 0 radical (unpaired) electrons. The van der Waals surface area contributed by atoms with E-state index < -0.39 is 0 Å². The van der Waals surface area contributed by atoms with Crippen LogP contribution in [0, 0.1) is 13.8 Å². The van der Waals surface area contributed by atoms with E-state index in [2.05, 4.69) is 10.6 Å². The van der Waals surface area contributed by atoms with Crippen molar-refractivity contribution in [3.8, 4) is 0 Å². The normalized spacial score (nSPS) is 10.2. The summed E-state index contributed by atoms with van der Waals surface area (Å²) in [6, 6.07) is 12.9. The summed E-state index contributed by atoms with van der Waals surface area (Å²) in [5.74, 6) is -0.684. The topological polar surface area (TPSA) is 58.2 Å². The molecule has 0 unspecified atom stereocenters. The van der Waals surface area contributed by atoms with Gasteiger partial charge in [0.1, 0.15) is 6.42 Å². The Morgan fingerprint density at radius 1 is 1.00 bits per heavy atom. The highest BCUT2D eigenvalue weighted by Gasteiger charge is 2.10. The number of hydrogen-bond acceptors (Lipinski definition) is 2. The predicted octanol–water partition coefficient (Wildman–Crippen LogP) is 3.60. The quantitative estimate of drug-likeness (QED) is 0.823. The van der Waals surface area contributed by atoms with Crippen LogP contribution in [0.5, 0.6) is 0 Å². The van der Waals surface area contributed by atoms with Crippen molar-refractivity contribution in [1.29, 1.82) is 0 Å². The summed E-state index contributed by atoms with van der Waals surface area (Å²) in [7, 11) is 0. The van der Waals surface area contributed by atoms with Crippen LogP contribution in [-0.4, -0.2) is 11.8 Å². The number of nitrogens with one attached hydrogen (secondary N) is 2. The van der Waals surface area contributed by atoms with Gasteiger partial charge in [0.2, 0.25) is 11.8 Å². The molecule has 0 aromatic heterocycles. The number of carbonyl (C=O) groups excluding carboxylic acids is 2. The number of benzene rings is 2. The Bertz CT molecular complexity index is 729. The van der Waals surface area contributed by atoms with Gasteiger partial charge in [-0.05, 0) is 48.7 Å². The Morgan fingerprint density at radius 3 is 2.43 bits per heavy atom. The van der Waals surface area contributed by atoms with Gasteiger partial charge in [0.15, 0.2) is 0 Å². The SMILES string of the molecule is Cc1ccc(NC(=O)CC(=O)NCc2ccccc2Cl)cc1C. The van der Waals surface area contributed by atoms with Gasteiger partial charge in [-0.3, -0.25) is 9.59 Å². The Labute approximate surface area is 140 Å². The first-order chi connectivity index (χ1) is 11.0. The van der Waals surface area contributed by atoms with Crippen molar-refractivity contribution in [1.82, 2.24) is 5.32 Å². The fourth-order valence-electron chi connectivity index (χ4n) is 2.07. The highest BCUT2D eigenvalue weighted by molar-refractivity contribution is 6.31. The van der Waals surface area contributed by atoms with Crippen molar-refractivity contribution in [2.45, 2.75) is 26.8 Å². The van der Waals surface area contributed by atoms with Crippen molar-refractivity contribution in [3.05, 3.63) is 64.2 Å². The highest BCUT2D eigenvalue weighted by atomic mass is 35.5. The van der Waals surface area contributed by atoms with E-state index in [0.717, 1.165) is 16.7 Å². The van der Waals surface area contributed by atoms with E-state index in [-0.39, 0.29) is 18.2 Å².